The summed E-state index contributed by atoms with van der Waals surface area (Å²) < 4.78 is 52.0. The van der Waals surface area contributed by atoms with Gasteiger partial charge in [0, 0.05) is 37.6 Å². The Morgan fingerprint density at radius 3 is 2.38 bits per heavy atom. The molecule has 0 unspecified atom stereocenters. The molecular weight excluding hydrogens is 470 g/mol. The number of rotatable bonds is 5. The molecule has 4 rings (SSSR count). The Morgan fingerprint density at radius 2 is 1.75 bits per heavy atom. The lowest BCUT2D eigenvalue weighted by molar-refractivity contribution is -0.136. The number of amides is 1. The van der Waals surface area contributed by atoms with Crippen molar-refractivity contribution < 1.29 is 21.6 Å². The molecular formula is C21H27N3O5S3. The molecule has 0 saturated carbocycles. The van der Waals surface area contributed by atoms with E-state index in [-0.39, 0.29) is 53.7 Å². The molecule has 0 radical (unpaired) electrons. The first-order valence-corrected chi connectivity index (χ1v) is 14.6. The van der Waals surface area contributed by atoms with E-state index in [0.717, 1.165) is 21.8 Å². The smallest absolute Gasteiger partial charge is 0.252 e. The van der Waals surface area contributed by atoms with Crippen molar-refractivity contribution in [3.63, 3.8) is 0 Å². The van der Waals surface area contributed by atoms with Crippen molar-refractivity contribution >= 4 is 37.1 Å². The summed E-state index contributed by atoms with van der Waals surface area (Å²) in [6, 6.07) is 12.9. The number of benzene rings is 1. The minimum atomic E-state index is -3.78. The molecule has 174 valence electrons. The van der Waals surface area contributed by atoms with Crippen LogP contribution in [0.3, 0.4) is 0 Å². The molecule has 2 aliphatic heterocycles. The largest absolute Gasteiger partial charge is 0.340 e. The zero-order valence-corrected chi connectivity index (χ0v) is 20.0. The van der Waals surface area contributed by atoms with E-state index in [4.69, 9.17) is 5.73 Å². The van der Waals surface area contributed by atoms with Crippen LogP contribution in [0.2, 0.25) is 0 Å². The minimum Gasteiger partial charge on any atom is -0.340 e. The van der Waals surface area contributed by atoms with Crippen molar-refractivity contribution in [1.29, 1.82) is 0 Å². The van der Waals surface area contributed by atoms with Crippen molar-refractivity contribution in [3.05, 3.63) is 52.9 Å². The molecule has 1 aromatic carbocycles. The van der Waals surface area contributed by atoms with E-state index in [1.165, 1.54) is 4.31 Å². The number of sulfone groups is 1. The number of carbonyl (C=O) groups excluding carboxylic acids is 1. The van der Waals surface area contributed by atoms with Crippen LogP contribution in [0, 0.1) is 5.92 Å². The molecule has 0 spiro atoms. The van der Waals surface area contributed by atoms with Crippen LogP contribution < -0.4 is 5.73 Å². The van der Waals surface area contributed by atoms with Gasteiger partial charge in [-0.25, -0.2) is 16.8 Å². The summed E-state index contributed by atoms with van der Waals surface area (Å²) in [6.07, 6.45) is 0.524. The van der Waals surface area contributed by atoms with E-state index in [9.17, 15) is 21.6 Å². The van der Waals surface area contributed by atoms with E-state index < -0.39 is 25.8 Å². The molecule has 2 fully saturated rings. The van der Waals surface area contributed by atoms with Gasteiger partial charge in [0.25, 0.3) is 10.0 Å². The Hall–Kier alpha value is -1.79. The monoisotopic (exact) mass is 497 g/mol. The van der Waals surface area contributed by atoms with Gasteiger partial charge in [0.2, 0.25) is 5.91 Å². The highest BCUT2D eigenvalue weighted by Gasteiger charge is 2.40. The summed E-state index contributed by atoms with van der Waals surface area (Å²) in [5, 5.41) is 0. The number of sulfonamides is 1. The van der Waals surface area contributed by atoms with Gasteiger partial charge in [-0.05, 0) is 30.0 Å². The molecule has 2 N–H and O–H groups in total. The summed E-state index contributed by atoms with van der Waals surface area (Å²) in [5.41, 5.74) is 6.64. The van der Waals surface area contributed by atoms with Crippen molar-refractivity contribution in [3.8, 4) is 0 Å². The SMILES string of the molecule is NCc1ccc(S(=O)(=O)N2C[C@@H](C(=O)N3CCS(=O)(=O)CC3)C[C@@H](c3ccccc3)C2)s1. The molecule has 2 saturated heterocycles. The summed E-state index contributed by atoms with van der Waals surface area (Å²) >= 11 is 1.15. The van der Waals surface area contributed by atoms with Gasteiger partial charge < -0.3 is 10.6 Å². The summed E-state index contributed by atoms with van der Waals surface area (Å²) in [7, 11) is -6.89. The second-order valence-electron chi connectivity index (χ2n) is 8.26. The van der Waals surface area contributed by atoms with Crippen LogP contribution >= 0.6 is 11.3 Å². The van der Waals surface area contributed by atoms with Gasteiger partial charge in [0.1, 0.15) is 4.21 Å². The number of carbonyl (C=O) groups is 1. The van der Waals surface area contributed by atoms with Gasteiger partial charge in [-0.1, -0.05) is 30.3 Å². The Balaban J connectivity index is 1.61. The van der Waals surface area contributed by atoms with E-state index in [1.54, 1.807) is 17.0 Å². The fourth-order valence-corrected chi connectivity index (χ4v) is 8.45. The maximum absolute atomic E-state index is 13.4. The molecule has 1 aromatic heterocycles. The summed E-state index contributed by atoms with van der Waals surface area (Å²) in [6.45, 7) is 0.964. The Bertz CT molecular complexity index is 1160. The molecule has 2 aromatic rings. The third kappa shape index (κ3) is 4.91. The zero-order chi connectivity index (χ0) is 22.9. The lowest BCUT2D eigenvalue weighted by atomic mass is 9.85. The van der Waals surface area contributed by atoms with Gasteiger partial charge in [0.05, 0.1) is 17.4 Å². The molecule has 2 aliphatic rings. The van der Waals surface area contributed by atoms with Crippen LogP contribution in [0.25, 0.3) is 0 Å². The average molecular weight is 498 g/mol. The third-order valence-corrected chi connectivity index (χ3v) is 11.1. The second-order valence-corrected chi connectivity index (χ2v) is 13.9. The fourth-order valence-electron chi connectivity index (χ4n) is 4.33. The van der Waals surface area contributed by atoms with Crippen LogP contribution in [-0.4, -0.2) is 69.6 Å². The molecule has 8 nitrogen and oxygen atoms in total. The minimum absolute atomic E-state index is 0.0490. The predicted molar refractivity (Wildman–Crippen MR) is 123 cm³/mol. The highest BCUT2D eigenvalue weighted by Crippen LogP contribution is 2.35. The summed E-state index contributed by atoms with van der Waals surface area (Å²) in [4.78, 5) is 15.6. The standard InChI is InChI=1S/C21H27N3O5S3/c22-13-19-6-7-20(30-19)32(28,29)24-14-17(16-4-2-1-3-5-16)12-18(15-24)21(25)23-8-10-31(26,27)11-9-23/h1-7,17-18H,8-15,22H2/t17-,18+/m1/s1. The van der Waals surface area contributed by atoms with Crippen molar-refractivity contribution in [1.82, 2.24) is 9.21 Å². The maximum atomic E-state index is 13.4. The zero-order valence-electron chi connectivity index (χ0n) is 17.6. The second kappa shape index (κ2) is 9.22. The van der Waals surface area contributed by atoms with Crippen LogP contribution in [0.5, 0.6) is 0 Å². The molecule has 0 bridgehead atoms. The molecule has 2 atom stereocenters. The number of nitrogens with zero attached hydrogens (tertiary/aromatic N) is 2. The van der Waals surface area contributed by atoms with Crippen molar-refractivity contribution in [2.75, 3.05) is 37.7 Å². The topological polar surface area (TPSA) is 118 Å². The lowest BCUT2D eigenvalue weighted by Gasteiger charge is -2.39. The van der Waals surface area contributed by atoms with Crippen LogP contribution in [0.4, 0.5) is 0 Å². The number of hydrogen-bond acceptors (Lipinski definition) is 7. The first-order valence-electron chi connectivity index (χ1n) is 10.5. The van der Waals surface area contributed by atoms with Gasteiger partial charge in [-0.2, -0.15) is 4.31 Å². The van der Waals surface area contributed by atoms with Crippen molar-refractivity contribution in [2.24, 2.45) is 11.7 Å². The van der Waals surface area contributed by atoms with Gasteiger partial charge in [-0.15, -0.1) is 11.3 Å². The van der Waals surface area contributed by atoms with E-state index >= 15 is 0 Å². The lowest BCUT2D eigenvalue weighted by Crippen LogP contribution is -2.51. The Labute approximate surface area is 193 Å². The van der Waals surface area contributed by atoms with Gasteiger partial charge in [0.15, 0.2) is 9.84 Å². The Kier molecular flexibility index (Phi) is 6.73. The third-order valence-electron chi connectivity index (χ3n) is 6.13. The quantitative estimate of drug-likeness (QED) is 0.665. The number of piperidine rings is 1. The van der Waals surface area contributed by atoms with Gasteiger partial charge >= 0.3 is 0 Å². The highest BCUT2D eigenvalue weighted by atomic mass is 32.2. The number of thiophene rings is 1. The van der Waals surface area contributed by atoms with Crippen LogP contribution in [0.15, 0.2) is 46.7 Å². The molecule has 3 heterocycles. The van der Waals surface area contributed by atoms with E-state index in [2.05, 4.69) is 0 Å². The highest BCUT2D eigenvalue weighted by molar-refractivity contribution is 7.91. The maximum Gasteiger partial charge on any atom is 0.252 e. The molecule has 32 heavy (non-hydrogen) atoms. The van der Waals surface area contributed by atoms with Gasteiger partial charge in [-0.3, -0.25) is 4.79 Å². The summed E-state index contributed by atoms with van der Waals surface area (Å²) in [5.74, 6) is -0.927. The Morgan fingerprint density at radius 1 is 1.06 bits per heavy atom. The predicted octanol–water partition coefficient (Wildman–Crippen LogP) is 1.26. The fraction of sp³-hybridized carbons (Fsp3) is 0.476. The number of nitrogens with two attached hydrogens (primary N) is 1. The van der Waals surface area contributed by atoms with Crippen molar-refractivity contribution in [2.45, 2.75) is 23.1 Å². The molecule has 0 aliphatic carbocycles. The number of hydrogen-bond donors (Lipinski definition) is 1. The average Bonchev–Trinajstić information content (AvgIpc) is 3.29. The van der Waals surface area contributed by atoms with E-state index in [0.29, 0.717) is 13.0 Å². The first-order chi connectivity index (χ1) is 15.2. The normalized spacial score (nSPS) is 24.3. The molecule has 11 heteroatoms. The first kappa shape index (κ1) is 23.4. The van der Waals surface area contributed by atoms with E-state index in [1.807, 2.05) is 30.3 Å². The van der Waals surface area contributed by atoms with Crippen LogP contribution in [-0.2, 0) is 31.2 Å². The molecule has 1 amide bonds. The van der Waals surface area contributed by atoms with Crippen LogP contribution in [0.1, 0.15) is 22.8 Å².